The number of fused-ring (bicyclic) bond motifs is 1. The maximum atomic E-state index is 12.5. The van der Waals surface area contributed by atoms with E-state index in [2.05, 4.69) is 22.4 Å². The number of amides is 1. The van der Waals surface area contributed by atoms with Gasteiger partial charge in [0, 0.05) is 10.9 Å². The lowest BCUT2D eigenvalue weighted by Gasteiger charge is -2.07. The summed E-state index contributed by atoms with van der Waals surface area (Å²) in [5.41, 5.74) is 1.25. The number of unbranched alkanes of at least 4 members (excludes halogenated alkanes) is 1. The first-order chi connectivity index (χ1) is 13.2. The van der Waals surface area contributed by atoms with Crippen molar-refractivity contribution in [2.75, 3.05) is 25.2 Å². The van der Waals surface area contributed by atoms with Crippen molar-refractivity contribution in [1.29, 1.82) is 0 Å². The Bertz CT molecular complexity index is 893. The number of H-pyrrole nitrogens is 1. The Balaban J connectivity index is 1.69. The lowest BCUT2D eigenvalue weighted by Crippen LogP contribution is -2.12. The molecule has 0 aliphatic carbocycles. The zero-order chi connectivity index (χ0) is 19.1. The third-order valence-electron chi connectivity index (χ3n) is 4.00. The normalized spacial score (nSPS) is 10.7. The van der Waals surface area contributed by atoms with Gasteiger partial charge in [-0.1, -0.05) is 13.3 Å². The molecular formula is C20H22FN3O3. The molecule has 0 atom stereocenters. The van der Waals surface area contributed by atoms with Gasteiger partial charge in [-0.25, -0.2) is 4.39 Å². The van der Waals surface area contributed by atoms with Crippen LogP contribution in [0.3, 0.4) is 0 Å². The van der Waals surface area contributed by atoms with Gasteiger partial charge in [0.05, 0.1) is 12.1 Å². The minimum atomic E-state index is -0.564. The van der Waals surface area contributed by atoms with Crippen molar-refractivity contribution in [2.45, 2.75) is 19.8 Å². The maximum Gasteiger partial charge on any atom is 0.256 e. The summed E-state index contributed by atoms with van der Waals surface area (Å²) in [4.78, 5) is 12.5. The molecule has 0 fully saturated rings. The predicted molar refractivity (Wildman–Crippen MR) is 102 cm³/mol. The summed E-state index contributed by atoms with van der Waals surface area (Å²) in [6, 6.07) is 12.2. The Kier molecular flexibility index (Phi) is 6.25. The van der Waals surface area contributed by atoms with Crippen molar-refractivity contribution < 1.29 is 18.7 Å². The van der Waals surface area contributed by atoms with E-state index < -0.39 is 6.67 Å². The fourth-order valence-corrected chi connectivity index (χ4v) is 2.55. The quantitative estimate of drug-likeness (QED) is 0.549. The van der Waals surface area contributed by atoms with Crippen LogP contribution in [-0.4, -0.2) is 36.0 Å². The van der Waals surface area contributed by atoms with Crippen molar-refractivity contribution >= 4 is 22.6 Å². The van der Waals surface area contributed by atoms with Crippen molar-refractivity contribution in [2.24, 2.45) is 0 Å². The van der Waals surface area contributed by atoms with Gasteiger partial charge in [0.25, 0.3) is 5.91 Å². The van der Waals surface area contributed by atoms with E-state index >= 15 is 0 Å². The molecule has 3 aromatic rings. The van der Waals surface area contributed by atoms with E-state index in [1.54, 1.807) is 42.5 Å². The highest BCUT2D eigenvalue weighted by Gasteiger charge is 2.12. The van der Waals surface area contributed by atoms with E-state index in [4.69, 9.17) is 9.47 Å². The fraction of sp³-hybridized carbons (Fsp3) is 0.300. The van der Waals surface area contributed by atoms with Gasteiger partial charge >= 0.3 is 0 Å². The molecule has 0 unspecified atom stereocenters. The average Bonchev–Trinajstić information content (AvgIpc) is 3.09. The summed E-state index contributed by atoms with van der Waals surface area (Å²) in [6.45, 7) is 2.18. The summed E-state index contributed by atoms with van der Waals surface area (Å²) in [5.74, 6) is 1.37. The summed E-state index contributed by atoms with van der Waals surface area (Å²) in [6.07, 6.45) is 2.06. The third kappa shape index (κ3) is 4.75. The second kappa shape index (κ2) is 9.02. The monoisotopic (exact) mass is 371 g/mol. The highest BCUT2D eigenvalue weighted by molar-refractivity contribution is 6.08. The molecule has 27 heavy (non-hydrogen) atoms. The molecule has 0 aliphatic heterocycles. The van der Waals surface area contributed by atoms with Crippen LogP contribution >= 0.6 is 0 Å². The van der Waals surface area contributed by atoms with Gasteiger partial charge in [0.15, 0.2) is 5.82 Å². The first kappa shape index (κ1) is 18.7. The highest BCUT2D eigenvalue weighted by atomic mass is 19.1. The van der Waals surface area contributed by atoms with E-state index in [1.165, 1.54) is 0 Å². The van der Waals surface area contributed by atoms with Gasteiger partial charge in [-0.3, -0.25) is 9.89 Å². The molecule has 3 rings (SSSR count). The fourth-order valence-electron chi connectivity index (χ4n) is 2.55. The minimum absolute atomic E-state index is 0.0161. The molecule has 142 valence electrons. The van der Waals surface area contributed by atoms with Gasteiger partial charge in [-0.05, 0) is 48.9 Å². The number of hydrogen-bond donors (Lipinski definition) is 2. The van der Waals surface area contributed by atoms with E-state index in [9.17, 15) is 9.18 Å². The average molecular weight is 371 g/mol. The molecule has 1 amide bonds. The van der Waals surface area contributed by atoms with Crippen LogP contribution in [0.2, 0.25) is 0 Å². The molecule has 7 heteroatoms. The summed E-state index contributed by atoms with van der Waals surface area (Å²) in [7, 11) is 0. The number of alkyl halides is 1. The molecule has 0 spiro atoms. The van der Waals surface area contributed by atoms with Gasteiger partial charge in [-0.15, -0.1) is 0 Å². The number of aromatic amines is 1. The number of nitrogens with one attached hydrogen (secondary N) is 2. The predicted octanol–water partition coefficient (Wildman–Crippen LogP) is 4.34. The highest BCUT2D eigenvalue weighted by Crippen LogP contribution is 2.26. The van der Waals surface area contributed by atoms with Crippen LogP contribution in [0.25, 0.3) is 10.9 Å². The largest absolute Gasteiger partial charge is 0.494 e. The third-order valence-corrected chi connectivity index (χ3v) is 4.00. The summed E-state index contributed by atoms with van der Waals surface area (Å²) >= 11 is 0. The second-order valence-electron chi connectivity index (χ2n) is 6.00. The summed E-state index contributed by atoms with van der Waals surface area (Å²) in [5, 5.41) is 10.5. The zero-order valence-corrected chi connectivity index (χ0v) is 15.1. The molecule has 2 aromatic carbocycles. The lowest BCUT2D eigenvalue weighted by molar-refractivity contribution is 0.102. The molecule has 6 nitrogen and oxygen atoms in total. The molecule has 0 bridgehead atoms. The van der Waals surface area contributed by atoms with E-state index in [1.807, 2.05) is 0 Å². The number of benzene rings is 2. The van der Waals surface area contributed by atoms with Gasteiger partial charge < -0.3 is 14.8 Å². The minimum Gasteiger partial charge on any atom is -0.494 e. The molecule has 1 aromatic heterocycles. The lowest BCUT2D eigenvalue weighted by atomic mass is 10.2. The number of halogens is 1. The van der Waals surface area contributed by atoms with Crippen LogP contribution in [0.4, 0.5) is 10.2 Å². The molecule has 2 N–H and O–H groups in total. The Labute approximate surface area is 156 Å². The molecule has 0 aliphatic rings. The number of rotatable bonds is 9. The number of aromatic nitrogens is 2. The molecular weight excluding hydrogens is 349 g/mol. The van der Waals surface area contributed by atoms with Crippen LogP contribution in [0.5, 0.6) is 11.5 Å². The topological polar surface area (TPSA) is 76.2 Å². The molecule has 0 radical (unpaired) electrons. The standard InChI is InChI=1S/C20H22FN3O3/c1-2-3-11-26-15-6-4-14(5-7-15)20(25)22-19-17-13-16(27-12-10-21)8-9-18(17)23-24-19/h4-9,13H,2-3,10-12H2,1H3,(H2,22,23,24,25). The van der Waals surface area contributed by atoms with Crippen molar-refractivity contribution in [3.8, 4) is 11.5 Å². The van der Waals surface area contributed by atoms with Crippen LogP contribution in [0.1, 0.15) is 30.1 Å². The number of carbonyl (C=O) groups is 1. The Morgan fingerprint density at radius 1 is 1.11 bits per heavy atom. The van der Waals surface area contributed by atoms with Gasteiger partial charge in [0.1, 0.15) is 24.8 Å². The zero-order valence-electron chi connectivity index (χ0n) is 15.1. The Morgan fingerprint density at radius 2 is 1.85 bits per heavy atom. The van der Waals surface area contributed by atoms with E-state index in [0.717, 1.165) is 24.1 Å². The number of nitrogens with zero attached hydrogens (tertiary/aromatic N) is 1. The van der Waals surface area contributed by atoms with Crippen LogP contribution in [0.15, 0.2) is 42.5 Å². The number of anilines is 1. The van der Waals surface area contributed by atoms with Gasteiger partial charge in [-0.2, -0.15) is 5.10 Å². The molecule has 0 saturated carbocycles. The number of ether oxygens (including phenoxy) is 2. The number of carbonyl (C=O) groups excluding carboxylic acids is 1. The molecule has 1 heterocycles. The maximum absolute atomic E-state index is 12.5. The van der Waals surface area contributed by atoms with Crippen LogP contribution < -0.4 is 14.8 Å². The Morgan fingerprint density at radius 3 is 2.59 bits per heavy atom. The smallest absolute Gasteiger partial charge is 0.256 e. The van der Waals surface area contributed by atoms with E-state index in [-0.39, 0.29) is 12.5 Å². The van der Waals surface area contributed by atoms with E-state index in [0.29, 0.717) is 29.1 Å². The second-order valence-corrected chi connectivity index (χ2v) is 6.00. The SMILES string of the molecule is CCCCOc1ccc(C(=O)Nc2n[nH]c3ccc(OCCF)cc23)cc1. The van der Waals surface area contributed by atoms with Crippen LogP contribution in [0, 0.1) is 0 Å². The number of hydrogen-bond acceptors (Lipinski definition) is 4. The first-order valence-corrected chi connectivity index (χ1v) is 8.92. The summed E-state index contributed by atoms with van der Waals surface area (Å²) < 4.78 is 23.2. The van der Waals surface area contributed by atoms with Gasteiger partial charge in [0.2, 0.25) is 0 Å². The Hall–Kier alpha value is -3.09. The van der Waals surface area contributed by atoms with Crippen molar-refractivity contribution in [3.63, 3.8) is 0 Å². The van der Waals surface area contributed by atoms with Crippen molar-refractivity contribution in [1.82, 2.24) is 10.2 Å². The van der Waals surface area contributed by atoms with Crippen LogP contribution in [-0.2, 0) is 0 Å². The van der Waals surface area contributed by atoms with Crippen molar-refractivity contribution in [3.05, 3.63) is 48.0 Å². The molecule has 0 saturated heterocycles. The first-order valence-electron chi connectivity index (χ1n) is 8.92.